The maximum Gasteiger partial charge on any atom is 0.227 e. The number of hydrogen-bond donors (Lipinski definition) is 1. The molecule has 1 amide bonds. The molecule has 0 saturated carbocycles. The van der Waals surface area contributed by atoms with E-state index in [1.54, 1.807) is 11.0 Å². The van der Waals surface area contributed by atoms with Gasteiger partial charge in [0.1, 0.15) is 5.82 Å². The standard InChI is InChI=1S/C12H14ClFN2O.ClH/c13-10-2-1-3-11(14)9(10)6-12(17)16-5-4-8(15)7-16;/h1-3,8H,4-7,15H2;1H/t8-;/m1./s1. The molecule has 1 fully saturated rings. The van der Waals surface area contributed by atoms with Crippen LogP contribution in [0.25, 0.3) is 0 Å². The second-order valence-electron chi connectivity index (χ2n) is 4.27. The zero-order chi connectivity index (χ0) is 12.4. The van der Waals surface area contributed by atoms with Crippen molar-refractivity contribution in [1.29, 1.82) is 0 Å². The number of carbonyl (C=O) groups excluding carboxylic acids is 1. The number of nitrogens with two attached hydrogens (primary N) is 1. The third-order valence-electron chi connectivity index (χ3n) is 2.97. The number of likely N-dealkylation sites (tertiary alicyclic amines) is 1. The van der Waals surface area contributed by atoms with Crippen LogP contribution in [0.1, 0.15) is 12.0 Å². The van der Waals surface area contributed by atoms with Gasteiger partial charge in [-0.15, -0.1) is 12.4 Å². The van der Waals surface area contributed by atoms with E-state index < -0.39 is 5.82 Å². The molecule has 0 radical (unpaired) electrons. The summed E-state index contributed by atoms with van der Waals surface area (Å²) in [5.74, 6) is -0.556. The first-order valence-corrected chi connectivity index (χ1v) is 5.92. The quantitative estimate of drug-likeness (QED) is 0.906. The highest BCUT2D eigenvalue weighted by atomic mass is 35.5. The molecule has 6 heteroatoms. The average Bonchev–Trinajstić information content (AvgIpc) is 2.70. The van der Waals surface area contributed by atoms with Gasteiger partial charge in [-0.05, 0) is 18.6 Å². The Hall–Kier alpha value is -0.840. The lowest BCUT2D eigenvalue weighted by atomic mass is 10.1. The third kappa shape index (κ3) is 3.34. The molecule has 0 bridgehead atoms. The van der Waals surface area contributed by atoms with Crippen LogP contribution in [0.4, 0.5) is 4.39 Å². The molecule has 1 aliphatic rings. The molecule has 18 heavy (non-hydrogen) atoms. The maximum absolute atomic E-state index is 13.5. The van der Waals surface area contributed by atoms with Crippen LogP contribution in [0, 0.1) is 5.82 Å². The lowest BCUT2D eigenvalue weighted by Crippen LogP contribution is -2.33. The second kappa shape index (κ2) is 6.36. The molecule has 1 aliphatic heterocycles. The fraction of sp³-hybridized carbons (Fsp3) is 0.417. The lowest BCUT2D eigenvalue weighted by molar-refractivity contribution is -0.129. The van der Waals surface area contributed by atoms with Crippen molar-refractivity contribution in [2.45, 2.75) is 18.9 Å². The SMILES string of the molecule is Cl.N[C@@H]1CCN(C(=O)Cc2c(F)cccc2Cl)C1. The van der Waals surface area contributed by atoms with Crippen LogP contribution >= 0.6 is 24.0 Å². The van der Waals surface area contributed by atoms with Gasteiger partial charge in [-0.3, -0.25) is 4.79 Å². The first-order chi connectivity index (χ1) is 8.08. The van der Waals surface area contributed by atoms with Crippen LogP contribution in [-0.4, -0.2) is 29.9 Å². The van der Waals surface area contributed by atoms with Crippen LogP contribution < -0.4 is 5.73 Å². The fourth-order valence-corrected chi connectivity index (χ4v) is 2.21. The van der Waals surface area contributed by atoms with Crippen LogP contribution in [0.15, 0.2) is 18.2 Å². The van der Waals surface area contributed by atoms with Gasteiger partial charge in [-0.2, -0.15) is 0 Å². The Kier molecular flexibility index (Phi) is 5.38. The second-order valence-corrected chi connectivity index (χ2v) is 4.67. The molecular formula is C12H15Cl2FN2O. The van der Waals surface area contributed by atoms with E-state index in [0.29, 0.717) is 18.1 Å². The van der Waals surface area contributed by atoms with Gasteiger partial charge in [0.05, 0.1) is 6.42 Å². The highest BCUT2D eigenvalue weighted by molar-refractivity contribution is 6.31. The van der Waals surface area contributed by atoms with Gasteiger partial charge in [0.15, 0.2) is 0 Å². The molecule has 1 aromatic rings. The number of nitrogens with zero attached hydrogens (tertiary/aromatic N) is 1. The van der Waals surface area contributed by atoms with Crippen molar-refractivity contribution in [3.05, 3.63) is 34.6 Å². The monoisotopic (exact) mass is 292 g/mol. The summed E-state index contributed by atoms with van der Waals surface area (Å²) in [6.07, 6.45) is 0.801. The highest BCUT2D eigenvalue weighted by Gasteiger charge is 2.24. The summed E-state index contributed by atoms with van der Waals surface area (Å²) in [5, 5.41) is 0.293. The number of rotatable bonds is 2. The van der Waals surface area contributed by atoms with E-state index in [2.05, 4.69) is 0 Å². The first kappa shape index (κ1) is 15.2. The largest absolute Gasteiger partial charge is 0.341 e. The van der Waals surface area contributed by atoms with Crippen molar-refractivity contribution < 1.29 is 9.18 Å². The number of halogens is 3. The van der Waals surface area contributed by atoms with Crippen LogP contribution in [0.3, 0.4) is 0 Å². The molecule has 0 aromatic heterocycles. The van der Waals surface area contributed by atoms with Crippen LogP contribution in [-0.2, 0) is 11.2 Å². The van der Waals surface area contributed by atoms with Crippen molar-refractivity contribution in [1.82, 2.24) is 4.90 Å². The Morgan fingerprint density at radius 2 is 2.28 bits per heavy atom. The summed E-state index contributed by atoms with van der Waals surface area (Å²) in [6, 6.07) is 4.46. The Bertz CT molecular complexity index is 422. The fourth-order valence-electron chi connectivity index (χ4n) is 1.98. The summed E-state index contributed by atoms with van der Waals surface area (Å²) in [4.78, 5) is 13.6. The molecule has 100 valence electrons. The summed E-state index contributed by atoms with van der Waals surface area (Å²) in [5.41, 5.74) is 5.99. The topological polar surface area (TPSA) is 46.3 Å². The zero-order valence-corrected chi connectivity index (χ0v) is 11.3. The lowest BCUT2D eigenvalue weighted by Gasteiger charge is -2.16. The van der Waals surface area contributed by atoms with Gasteiger partial charge in [0.2, 0.25) is 5.91 Å². The highest BCUT2D eigenvalue weighted by Crippen LogP contribution is 2.20. The molecule has 0 aliphatic carbocycles. The molecular weight excluding hydrogens is 278 g/mol. The molecule has 2 N–H and O–H groups in total. The molecule has 1 aromatic carbocycles. The predicted octanol–water partition coefficient (Wildman–Crippen LogP) is 2.00. The van der Waals surface area contributed by atoms with Crippen molar-refractivity contribution in [2.75, 3.05) is 13.1 Å². The van der Waals surface area contributed by atoms with E-state index in [4.69, 9.17) is 17.3 Å². The predicted molar refractivity (Wildman–Crippen MR) is 71.5 cm³/mol. The van der Waals surface area contributed by atoms with Crippen molar-refractivity contribution in [3.8, 4) is 0 Å². The normalized spacial score (nSPS) is 18.6. The van der Waals surface area contributed by atoms with Crippen LogP contribution in [0.2, 0.25) is 5.02 Å². The average molecular weight is 293 g/mol. The minimum absolute atomic E-state index is 0. The van der Waals surface area contributed by atoms with E-state index in [9.17, 15) is 9.18 Å². The summed E-state index contributed by atoms with van der Waals surface area (Å²) >= 11 is 5.87. The van der Waals surface area contributed by atoms with Crippen molar-refractivity contribution in [2.24, 2.45) is 5.73 Å². The summed E-state index contributed by atoms with van der Waals surface area (Å²) < 4.78 is 13.5. The van der Waals surface area contributed by atoms with Gasteiger partial charge < -0.3 is 10.6 Å². The van der Waals surface area contributed by atoms with Crippen molar-refractivity contribution in [3.63, 3.8) is 0 Å². The maximum atomic E-state index is 13.5. The van der Waals surface area contributed by atoms with Gasteiger partial charge in [0, 0.05) is 29.7 Å². The third-order valence-corrected chi connectivity index (χ3v) is 3.32. The van der Waals surface area contributed by atoms with Gasteiger partial charge >= 0.3 is 0 Å². The van der Waals surface area contributed by atoms with Gasteiger partial charge in [-0.25, -0.2) is 4.39 Å². The minimum atomic E-state index is -0.436. The Morgan fingerprint density at radius 3 is 2.83 bits per heavy atom. The van der Waals surface area contributed by atoms with Gasteiger partial charge in [0.25, 0.3) is 0 Å². The summed E-state index contributed by atoms with van der Waals surface area (Å²) in [6.45, 7) is 1.19. The smallest absolute Gasteiger partial charge is 0.227 e. The van der Waals surface area contributed by atoms with E-state index in [0.717, 1.165) is 6.42 Å². The Morgan fingerprint density at radius 1 is 1.56 bits per heavy atom. The van der Waals surface area contributed by atoms with Crippen LogP contribution in [0.5, 0.6) is 0 Å². The van der Waals surface area contributed by atoms with E-state index in [1.807, 2.05) is 0 Å². The number of benzene rings is 1. The summed E-state index contributed by atoms with van der Waals surface area (Å²) in [7, 11) is 0. The van der Waals surface area contributed by atoms with E-state index in [-0.39, 0.29) is 36.3 Å². The molecule has 2 rings (SSSR count). The number of carbonyl (C=O) groups is 1. The molecule has 3 nitrogen and oxygen atoms in total. The van der Waals surface area contributed by atoms with Crippen molar-refractivity contribution >= 4 is 29.9 Å². The molecule has 0 unspecified atom stereocenters. The molecule has 0 spiro atoms. The van der Waals surface area contributed by atoms with E-state index in [1.165, 1.54) is 12.1 Å². The van der Waals surface area contributed by atoms with E-state index >= 15 is 0 Å². The molecule has 1 saturated heterocycles. The number of amides is 1. The first-order valence-electron chi connectivity index (χ1n) is 5.54. The zero-order valence-electron chi connectivity index (χ0n) is 9.73. The molecule has 1 heterocycles. The molecule has 1 atom stereocenters. The van der Waals surface area contributed by atoms with Gasteiger partial charge in [-0.1, -0.05) is 17.7 Å². The minimum Gasteiger partial charge on any atom is -0.341 e. The Balaban J connectivity index is 0.00000162. The Labute approximate surface area is 116 Å². The number of hydrogen-bond acceptors (Lipinski definition) is 2.